The number of nitrogens with zero attached hydrogens (tertiary/aromatic N) is 3. The molecule has 0 bridgehead atoms. The number of nitrogens with two attached hydrogens (primary N) is 1. The monoisotopic (exact) mass is 309 g/mol. The number of aryl methyl sites for hydroxylation is 1. The van der Waals surface area contributed by atoms with Crippen molar-refractivity contribution in [2.45, 2.75) is 31.8 Å². The maximum Gasteiger partial charge on any atom is 0.280 e. The predicted molar refractivity (Wildman–Crippen MR) is 75.2 cm³/mol. The summed E-state index contributed by atoms with van der Waals surface area (Å²) in [5.41, 5.74) is 4.48. The average Bonchev–Trinajstić information content (AvgIpc) is 2.82. The van der Waals surface area contributed by atoms with Crippen LogP contribution in [0.25, 0.3) is 11.2 Å². The van der Waals surface area contributed by atoms with Crippen molar-refractivity contribution in [2.75, 3.05) is 12.3 Å². The number of aromatic nitrogens is 4. The number of fused-ring (bicyclic) bond motifs is 1. The second-order valence-electron chi connectivity index (χ2n) is 5.11. The third kappa shape index (κ3) is 2.17. The van der Waals surface area contributed by atoms with Crippen LogP contribution in [0.2, 0.25) is 0 Å². The van der Waals surface area contributed by atoms with Gasteiger partial charge in [0.15, 0.2) is 11.2 Å². The summed E-state index contributed by atoms with van der Waals surface area (Å²) in [5.74, 6) is -0.159. The van der Waals surface area contributed by atoms with Gasteiger partial charge in [0.2, 0.25) is 5.95 Å². The van der Waals surface area contributed by atoms with E-state index in [1.54, 1.807) is 0 Å². The van der Waals surface area contributed by atoms with E-state index in [0.29, 0.717) is 0 Å². The standard InChI is InChI=1S/C12H15N5O5/c1-4-11(21)17(7-2-5(19)6(3-18)22-7)9-8(14-4)10(20)16-12(13)15-9/h5-7,18-19H,2-3H2,1H3,(H3,13,15,16,20)/t5-,6+,7-/m1/s1. The zero-order valence-electron chi connectivity index (χ0n) is 11.7. The van der Waals surface area contributed by atoms with Crippen LogP contribution in [0.4, 0.5) is 5.95 Å². The molecule has 0 aromatic carbocycles. The highest BCUT2D eigenvalue weighted by atomic mass is 16.5. The first kappa shape index (κ1) is 14.6. The summed E-state index contributed by atoms with van der Waals surface area (Å²) in [7, 11) is 0. The fourth-order valence-electron chi connectivity index (χ4n) is 2.53. The summed E-state index contributed by atoms with van der Waals surface area (Å²) in [5, 5.41) is 19.0. The maximum atomic E-state index is 12.4. The van der Waals surface area contributed by atoms with E-state index in [-0.39, 0.29) is 35.8 Å². The predicted octanol–water partition coefficient (Wildman–Crippen LogP) is -1.99. The number of nitrogen functional groups attached to an aromatic ring is 1. The summed E-state index contributed by atoms with van der Waals surface area (Å²) >= 11 is 0. The molecule has 10 heteroatoms. The van der Waals surface area contributed by atoms with E-state index >= 15 is 0 Å². The van der Waals surface area contributed by atoms with Gasteiger partial charge in [0, 0.05) is 6.42 Å². The SMILES string of the molecule is Cc1nc2c(=O)[nH]c(N)nc2n([C@H]2C[C@@H](O)[C@H](CO)O2)c1=O. The van der Waals surface area contributed by atoms with Crippen LogP contribution in [0, 0.1) is 6.92 Å². The highest BCUT2D eigenvalue weighted by molar-refractivity contribution is 5.70. The van der Waals surface area contributed by atoms with Gasteiger partial charge in [0.25, 0.3) is 11.1 Å². The Hall–Kier alpha value is -2.30. The Balaban J connectivity index is 2.27. The van der Waals surface area contributed by atoms with Crippen molar-refractivity contribution >= 4 is 17.1 Å². The van der Waals surface area contributed by atoms with Crippen molar-refractivity contribution in [3.8, 4) is 0 Å². The van der Waals surface area contributed by atoms with E-state index in [0.717, 1.165) is 4.57 Å². The highest BCUT2D eigenvalue weighted by Crippen LogP contribution is 2.28. The number of aliphatic hydroxyl groups is 2. The van der Waals surface area contributed by atoms with Crippen LogP contribution in [-0.4, -0.2) is 48.5 Å². The number of aliphatic hydroxyl groups excluding tert-OH is 2. The van der Waals surface area contributed by atoms with Crippen molar-refractivity contribution in [1.29, 1.82) is 0 Å². The Bertz CT molecular complexity index is 844. The number of ether oxygens (including phenoxy) is 1. The summed E-state index contributed by atoms with van der Waals surface area (Å²) in [6.45, 7) is 1.08. The molecule has 10 nitrogen and oxygen atoms in total. The Morgan fingerprint density at radius 1 is 1.45 bits per heavy atom. The Morgan fingerprint density at radius 3 is 2.82 bits per heavy atom. The molecule has 118 valence electrons. The van der Waals surface area contributed by atoms with E-state index in [9.17, 15) is 14.7 Å². The number of nitrogens with one attached hydrogen (secondary N) is 1. The normalized spacial score (nSPS) is 25.0. The van der Waals surface area contributed by atoms with E-state index in [1.165, 1.54) is 6.92 Å². The minimum atomic E-state index is -0.926. The quantitative estimate of drug-likeness (QED) is 0.496. The smallest absolute Gasteiger partial charge is 0.280 e. The molecular formula is C12H15N5O5. The lowest BCUT2D eigenvalue weighted by Gasteiger charge is -2.17. The molecule has 3 atom stereocenters. The maximum absolute atomic E-state index is 12.4. The van der Waals surface area contributed by atoms with Gasteiger partial charge >= 0.3 is 0 Å². The lowest BCUT2D eigenvalue weighted by molar-refractivity contribution is -0.0442. The molecule has 1 saturated heterocycles. The lowest BCUT2D eigenvalue weighted by atomic mass is 10.2. The number of rotatable bonds is 2. The molecule has 0 aliphatic carbocycles. The molecule has 1 aliphatic heterocycles. The minimum Gasteiger partial charge on any atom is -0.394 e. The van der Waals surface area contributed by atoms with Crippen molar-refractivity contribution in [2.24, 2.45) is 0 Å². The molecule has 3 heterocycles. The van der Waals surface area contributed by atoms with E-state index in [1.807, 2.05) is 0 Å². The van der Waals surface area contributed by atoms with E-state index < -0.39 is 29.6 Å². The summed E-state index contributed by atoms with van der Waals surface area (Å²) in [6.07, 6.45) is -2.51. The van der Waals surface area contributed by atoms with Crippen molar-refractivity contribution in [3.05, 3.63) is 26.4 Å². The van der Waals surface area contributed by atoms with Gasteiger partial charge in [-0.3, -0.25) is 19.1 Å². The van der Waals surface area contributed by atoms with E-state index in [4.69, 9.17) is 15.6 Å². The number of hydrogen-bond acceptors (Lipinski definition) is 8. The number of hydrogen-bond donors (Lipinski definition) is 4. The third-order valence-electron chi connectivity index (χ3n) is 3.60. The zero-order valence-corrected chi connectivity index (χ0v) is 11.7. The molecule has 3 rings (SSSR count). The molecule has 0 unspecified atom stereocenters. The topological polar surface area (TPSA) is 156 Å². The van der Waals surface area contributed by atoms with Gasteiger partial charge in [0.05, 0.1) is 12.7 Å². The molecule has 1 aliphatic rings. The second kappa shape index (κ2) is 5.16. The van der Waals surface area contributed by atoms with Gasteiger partial charge in [-0.25, -0.2) is 4.98 Å². The molecule has 5 N–H and O–H groups in total. The molecule has 0 amide bonds. The Labute approximate surface area is 123 Å². The molecule has 0 spiro atoms. The van der Waals surface area contributed by atoms with Gasteiger partial charge in [-0.15, -0.1) is 0 Å². The average molecular weight is 309 g/mol. The first-order valence-corrected chi connectivity index (χ1v) is 6.65. The van der Waals surface area contributed by atoms with Crippen LogP contribution in [-0.2, 0) is 4.74 Å². The number of aromatic amines is 1. The van der Waals surface area contributed by atoms with Crippen LogP contribution in [0.15, 0.2) is 9.59 Å². The summed E-state index contributed by atoms with van der Waals surface area (Å²) in [4.78, 5) is 34.5. The summed E-state index contributed by atoms with van der Waals surface area (Å²) in [6, 6.07) is 0. The molecule has 0 radical (unpaired) electrons. The fraction of sp³-hybridized carbons (Fsp3) is 0.500. The lowest BCUT2D eigenvalue weighted by Crippen LogP contribution is -2.31. The van der Waals surface area contributed by atoms with Crippen LogP contribution in [0.1, 0.15) is 18.3 Å². The minimum absolute atomic E-state index is 0.0207. The van der Waals surface area contributed by atoms with Crippen LogP contribution >= 0.6 is 0 Å². The highest BCUT2D eigenvalue weighted by Gasteiger charge is 2.36. The van der Waals surface area contributed by atoms with E-state index in [2.05, 4.69) is 15.0 Å². The summed E-state index contributed by atoms with van der Waals surface area (Å²) < 4.78 is 6.62. The first-order valence-electron chi connectivity index (χ1n) is 6.65. The van der Waals surface area contributed by atoms with Crippen molar-refractivity contribution in [1.82, 2.24) is 19.5 Å². The van der Waals surface area contributed by atoms with Gasteiger partial charge < -0.3 is 20.7 Å². The van der Waals surface area contributed by atoms with Crippen LogP contribution in [0.3, 0.4) is 0 Å². The fourth-order valence-corrected chi connectivity index (χ4v) is 2.53. The van der Waals surface area contributed by atoms with Crippen LogP contribution in [0.5, 0.6) is 0 Å². The van der Waals surface area contributed by atoms with Gasteiger partial charge in [-0.2, -0.15) is 4.98 Å². The first-order chi connectivity index (χ1) is 10.4. The number of anilines is 1. The van der Waals surface area contributed by atoms with Gasteiger partial charge in [-0.1, -0.05) is 0 Å². The molecule has 2 aromatic heterocycles. The largest absolute Gasteiger partial charge is 0.394 e. The Morgan fingerprint density at radius 2 is 2.18 bits per heavy atom. The molecule has 0 saturated carbocycles. The number of H-pyrrole nitrogens is 1. The molecule has 22 heavy (non-hydrogen) atoms. The van der Waals surface area contributed by atoms with Gasteiger partial charge in [0.1, 0.15) is 18.0 Å². The molecule has 1 fully saturated rings. The second-order valence-corrected chi connectivity index (χ2v) is 5.11. The van der Waals surface area contributed by atoms with Crippen LogP contribution < -0.4 is 16.9 Å². The zero-order chi connectivity index (χ0) is 16.0. The molecular weight excluding hydrogens is 294 g/mol. The van der Waals surface area contributed by atoms with Crippen molar-refractivity contribution < 1.29 is 14.9 Å². The van der Waals surface area contributed by atoms with Crippen molar-refractivity contribution in [3.63, 3.8) is 0 Å². The third-order valence-corrected chi connectivity index (χ3v) is 3.60. The Kier molecular flexibility index (Phi) is 3.43. The molecule has 2 aromatic rings. The van der Waals surface area contributed by atoms with Gasteiger partial charge in [-0.05, 0) is 6.92 Å².